The molecule has 1 aromatic rings. The molecule has 0 aliphatic rings. The summed E-state index contributed by atoms with van der Waals surface area (Å²) in [6.45, 7) is 4.00. The highest BCUT2D eigenvalue weighted by molar-refractivity contribution is 6.62. The minimum atomic E-state index is -1.64. The molecular weight excluding hydrogens is 292 g/mol. The fourth-order valence-corrected chi connectivity index (χ4v) is 1.98. The Hall–Kier alpha value is -1.08. The molecule has 0 aromatic heterocycles. The predicted octanol–water partition coefficient (Wildman–Crippen LogP) is 0.956. The van der Waals surface area contributed by atoms with Gasteiger partial charge in [-0.05, 0) is 25.0 Å². The fraction of sp³-hybridized carbons (Fsp3) is 0.500. The molecule has 0 fully saturated rings. The maximum Gasteiger partial charge on any atom is 0.489 e. The van der Waals surface area contributed by atoms with Crippen molar-refractivity contribution in [2.45, 2.75) is 26.2 Å². The third kappa shape index (κ3) is 6.48. The number of rotatable bonds is 9. The van der Waals surface area contributed by atoms with Crippen LogP contribution in [-0.2, 0) is 4.74 Å². The van der Waals surface area contributed by atoms with Crippen LogP contribution in [0.4, 0.5) is 0 Å². The highest BCUT2D eigenvalue weighted by atomic mass is 35.5. The largest absolute Gasteiger partial charge is 0.489 e. The summed E-state index contributed by atoms with van der Waals surface area (Å²) in [5.74, 6) is -0.246. The molecule has 7 heteroatoms. The van der Waals surface area contributed by atoms with Crippen molar-refractivity contribution >= 4 is 30.1 Å². The first-order valence-electron chi connectivity index (χ1n) is 7.07. The number of carbonyl (C=O) groups is 1. The number of benzene rings is 1. The van der Waals surface area contributed by atoms with Gasteiger partial charge in [0.1, 0.15) is 0 Å². The zero-order valence-corrected chi connectivity index (χ0v) is 12.9. The van der Waals surface area contributed by atoms with E-state index in [2.05, 4.69) is 12.2 Å². The van der Waals surface area contributed by atoms with Gasteiger partial charge < -0.3 is 20.1 Å². The molecule has 0 atom stereocenters. The molecule has 0 heterocycles. The second-order valence-corrected chi connectivity index (χ2v) is 5.09. The molecule has 0 spiro atoms. The highest BCUT2D eigenvalue weighted by Crippen LogP contribution is 2.09. The molecule has 0 bridgehead atoms. The molecule has 3 N–H and O–H groups in total. The van der Waals surface area contributed by atoms with Gasteiger partial charge in [-0.1, -0.05) is 31.0 Å². The van der Waals surface area contributed by atoms with Crippen LogP contribution in [0, 0.1) is 0 Å². The monoisotopic (exact) mass is 313 g/mol. The van der Waals surface area contributed by atoms with Crippen LogP contribution < -0.4 is 10.8 Å². The highest BCUT2D eigenvalue weighted by Gasteiger charge is 2.16. The van der Waals surface area contributed by atoms with Gasteiger partial charge in [0.25, 0.3) is 5.91 Å². The molecule has 0 radical (unpaired) electrons. The first-order chi connectivity index (χ1) is 10.1. The maximum absolute atomic E-state index is 11.9. The Morgan fingerprint density at radius 2 is 2.05 bits per heavy atom. The second-order valence-electron chi connectivity index (χ2n) is 4.69. The normalized spacial score (nSPS) is 10.5. The third-order valence-electron chi connectivity index (χ3n) is 2.93. The SMILES string of the molecule is CCCCOCCCNC(=O)c1ccc(B(O)O)c(Cl)c1. The van der Waals surface area contributed by atoms with Crippen LogP contribution in [0.5, 0.6) is 0 Å². The van der Waals surface area contributed by atoms with E-state index in [9.17, 15) is 4.79 Å². The minimum Gasteiger partial charge on any atom is -0.423 e. The zero-order valence-electron chi connectivity index (χ0n) is 12.1. The van der Waals surface area contributed by atoms with Crippen molar-refractivity contribution in [3.63, 3.8) is 0 Å². The lowest BCUT2D eigenvalue weighted by Gasteiger charge is -2.08. The summed E-state index contributed by atoms with van der Waals surface area (Å²) in [7, 11) is -1.64. The molecule has 1 amide bonds. The Morgan fingerprint density at radius 3 is 2.67 bits per heavy atom. The van der Waals surface area contributed by atoms with Crippen molar-refractivity contribution in [1.82, 2.24) is 5.32 Å². The van der Waals surface area contributed by atoms with Gasteiger partial charge in [-0.2, -0.15) is 0 Å². The van der Waals surface area contributed by atoms with E-state index in [0.29, 0.717) is 18.7 Å². The summed E-state index contributed by atoms with van der Waals surface area (Å²) in [4.78, 5) is 11.9. The van der Waals surface area contributed by atoms with Gasteiger partial charge in [-0.3, -0.25) is 4.79 Å². The van der Waals surface area contributed by atoms with Gasteiger partial charge >= 0.3 is 7.12 Å². The lowest BCUT2D eigenvalue weighted by Crippen LogP contribution is -2.32. The van der Waals surface area contributed by atoms with Crippen LogP contribution in [-0.4, -0.2) is 42.8 Å². The molecular formula is C14H21BClNO4. The Morgan fingerprint density at radius 1 is 1.33 bits per heavy atom. The molecule has 0 aliphatic heterocycles. The smallest absolute Gasteiger partial charge is 0.423 e. The standard InChI is InChI=1S/C14H21BClNO4/c1-2-3-8-21-9-4-7-17-14(18)11-5-6-12(15(19)20)13(16)10-11/h5-6,10,19-20H,2-4,7-9H2,1H3,(H,17,18). The molecule has 0 aliphatic carbocycles. The molecule has 0 unspecified atom stereocenters. The average molecular weight is 314 g/mol. The Balaban J connectivity index is 2.34. The number of ether oxygens (including phenoxy) is 1. The van der Waals surface area contributed by atoms with E-state index in [0.717, 1.165) is 25.9 Å². The molecule has 0 saturated heterocycles. The number of unbranched alkanes of at least 4 members (excludes halogenated alkanes) is 1. The third-order valence-corrected chi connectivity index (χ3v) is 3.26. The number of carbonyl (C=O) groups excluding carboxylic acids is 1. The van der Waals surface area contributed by atoms with E-state index < -0.39 is 7.12 Å². The van der Waals surface area contributed by atoms with E-state index >= 15 is 0 Å². The topological polar surface area (TPSA) is 78.8 Å². The zero-order chi connectivity index (χ0) is 15.7. The van der Waals surface area contributed by atoms with Gasteiger partial charge in [0.2, 0.25) is 0 Å². The van der Waals surface area contributed by atoms with Crippen LogP contribution in [0.25, 0.3) is 0 Å². The van der Waals surface area contributed by atoms with Gasteiger partial charge in [0.05, 0.1) is 0 Å². The number of hydrogen-bond donors (Lipinski definition) is 3. The number of nitrogens with one attached hydrogen (secondary N) is 1. The molecule has 5 nitrogen and oxygen atoms in total. The Kier molecular flexibility index (Phi) is 8.38. The summed E-state index contributed by atoms with van der Waals surface area (Å²) >= 11 is 5.88. The first kappa shape index (κ1) is 18.0. The average Bonchev–Trinajstić information content (AvgIpc) is 2.45. The Bertz CT molecular complexity index is 457. The minimum absolute atomic E-state index is 0.153. The van der Waals surface area contributed by atoms with E-state index in [-0.39, 0.29) is 16.4 Å². The van der Waals surface area contributed by atoms with Crippen molar-refractivity contribution < 1.29 is 19.6 Å². The van der Waals surface area contributed by atoms with Crippen molar-refractivity contribution in [2.75, 3.05) is 19.8 Å². The predicted molar refractivity (Wildman–Crippen MR) is 84.0 cm³/mol. The van der Waals surface area contributed by atoms with E-state index in [1.807, 2.05) is 0 Å². The lowest BCUT2D eigenvalue weighted by atomic mass is 9.80. The van der Waals surface area contributed by atoms with Gasteiger partial charge in [0, 0.05) is 35.8 Å². The van der Waals surface area contributed by atoms with Crippen LogP contribution >= 0.6 is 11.6 Å². The molecule has 1 rings (SSSR count). The van der Waals surface area contributed by atoms with Gasteiger partial charge in [-0.25, -0.2) is 0 Å². The fourth-order valence-electron chi connectivity index (χ4n) is 1.70. The van der Waals surface area contributed by atoms with Crippen LogP contribution in [0.15, 0.2) is 18.2 Å². The lowest BCUT2D eigenvalue weighted by molar-refractivity contribution is 0.0940. The van der Waals surface area contributed by atoms with E-state index in [1.165, 1.54) is 18.2 Å². The van der Waals surface area contributed by atoms with Crippen molar-refractivity contribution in [1.29, 1.82) is 0 Å². The van der Waals surface area contributed by atoms with Crippen molar-refractivity contribution in [3.8, 4) is 0 Å². The number of hydrogen-bond acceptors (Lipinski definition) is 4. The Labute approximate surface area is 130 Å². The van der Waals surface area contributed by atoms with Gasteiger partial charge in [-0.15, -0.1) is 0 Å². The maximum atomic E-state index is 11.9. The summed E-state index contributed by atoms with van der Waals surface area (Å²) in [5.41, 5.74) is 0.564. The van der Waals surface area contributed by atoms with Crippen molar-refractivity contribution in [3.05, 3.63) is 28.8 Å². The second kappa shape index (κ2) is 9.79. The van der Waals surface area contributed by atoms with Crippen LogP contribution in [0.3, 0.4) is 0 Å². The molecule has 116 valence electrons. The number of amides is 1. The number of halogens is 1. The van der Waals surface area contributed by atoms with Crippen LogP contribution in [0.1, 0.15) is 36.5 Å². The van der Waals surface area contributed by atoms with Crippen LogP contribution in [0.2, 0.25) is 5.02 Å². The summed E-state index contributed by atoms with van der Waals surface area (Å²) < 4.78 is 5.39. The summed E-state index contributed by atoms with van der Waals surface area (Å²) in [6.07, 6.45) is 2.90. The first-order valence-corrected chi connectivity index (χ1v) is 7.45. The van der Waals surface area contributed by atoms with Crippen molar-refractivity contribution in [2.24, 2.45) is 0 Å². The van der Waals surface area contributed by atoms with E-state index in [4.69, 9.17) is 26.4 Å². The molecule has 1 aromatic carbocycles. The summed E-state index contributed by atoms with van der Waals surface area (Å²) in [5, 5.41) is 21.0. The van der Waals surface area contributed by atoms with Gasteiger partial charge in [0.15, 0.2) is 0 Å². The van der Waals surface area contributed by atoms with E-state index in [1.54, 1.807) is 0 Å². The molecule has 0 saturated carbocycles. The quantitative estimate of drug-likeness (QED) is 0.469. The summed E-state index contributed by atoms with van der Waals surface area (Å²) in [6, 6.07) is 4.35. The molecule has 21 heavy (non-hydrogen) atoms.